The van der Waals surface area contributed by atoms with Gasteiger partial charge in [-0.3, -0.25) is 0 Å². The Morgan fingerprint density at radius 3 is 1.59 bits per heavy atom. The lowest BCUT2D eigenvalue weighted by Gasteiger charge is -2.44. The van der Waals surface area contributed by atoms with Crippen LogP contribution in [0.25, 0.3) is 78.5 Å². The molecule has 1 atom stereocenters. The van der Waals surface area contributed by atoms with Crippen LogP contribution in [0.3, 0.4) is 0 Å². The van der Waals surface area contributed by atoms with E-state index in [0.29, 0.717) is 17.5 Å². The second-order valence-corrected chi connectivity index (χ2v) is 24.9. The standard InChI is InChI=1S/C79H58BN5O/c1-47-30-38-67(59(40-47)50-20-10-7-11-21-50)85-68-46-65-60(45-66(68)80-72-69(42-49(3)43-70(72)85)84(55-35-33-54(34-36-55)78(4,5)6)73-61-41-48(2)31-39-71(61)86-74(73)80)57-27-17-19-29-63(57)79(65)62-28-18-16-26-56(62)58-37-32-53(44-64(58)79)77-82-75(51-22-12-8-13-23-51)81-76(83-77)52-24-14-9-15-25-52/h7-46H,1-6H3. The highest BCUT2D eigenvalue weighted by Crippen LogP contribution is 2.64. The van der Waals surface area contributed by atoms with Gasteiger partial charge >= 0.3 is 0 Å². The molecule has 0 radical (unpaired) electrons. The third kappa shape index (κ3) is 7.30. The zero-order valence-electron chi connectivity index (χ0n) is 48.8. The molecule has 1 unspecified atom stereocenters. The number of furan rings is 1. The first kappa shape index (κ1) is 50.2. The lowest BCUT2D eigenvalue weighted by atomic mass is 9.35. The van der Waals surface area contributed by atoms with Crippen molar-refractivity contribution in [1.29, 1.82) is 0 Å². The number of aryl methyl sites for hydroxylation is 3. The van der Waals surface area contributed by atoms with E-state index in [1.54, 1.807) is 0 Å². The monoisotopic (exact) mass is 1100 g/mol. The smallest absolute Gasteiger partial charge is 0.297 e. The minimum Gasteiger partial charge on any atom is -0.468 e. The van der Waals surface area contributed by atoms with Crippen LogP contribution in [0.5, 0.6) is 0 Å². The summed E-state index contributed by atoms with van der Waals surface area (Å²) in [7, 11) is 0. The van der Waals surface area contributed by atoms with Crippen molar-refractivity contribution in [2.45, 2.75) is 52.4 Å². The molecule has 7 heteroatoms. The number of hydrogen-bond donors (Lipinski definition) is 0. The number of fused-ring (bicyclic) bond motifs is 16. The van der Waals surface area contributed by atoms with Crippen LogP contribution in [-0.4, -0.2) is 21.7 Å². The third-order valence-electron chi connectivity index (χ3n) is 18.6. The highest BCUT2D eigenvalue weighted by molar-refractivity contribution is 7.00. The number of benzene rings is 11. The average Bonchev–Trinajstić information content (AvgIpc) is 1.45. The number of hydrogen-bond acceptors (Lipinski definition) is 6. The summed E-state index contributed by atoms with van der Waals surface area (Å²) in [6.07, 6.45) is 0. The van der Waals surface area contributed by atoms with Crippen LogP contribution in [0.4, 0.5) is 34.1 Å². The van der Waals surface area contributed by atoms with E-state index in [4.69, 9.17) is 19.4 Å². The number of rotatable bonds is 6. The summed E-state index contributed by atoms with van der Waals surface area (Å²) in [6.45, 7) is 13.2. The Hall–Kier alpha value is -10.4. The first-order valence-corrected chi connectivity index (χ1v) is 29.9. The maximum absolute atomic E-state index is 7.49. The van der Waals surface area contributed by atoms with Gasteiger partial charge < -0.3 is 14.2 Å². The van der Waals surface area contributed by atoms with E-state index in [-0.39, 0.29) is 12.1 Å². The maximum Gasteiger partial charge on any atom is 0.297 e. The van der Waals surface area contributed by atoms with Gasteiger partial charge in [-0.1, -0.05) is 214 Å². The first-order valence-electron chi connectivity index (χ1n) is 29.9. The Labute approximate surface area is 501 Å². The van der Waals surface area contributed by atoms with Crippen LogP contribution < -0.4 is 26.4 Å². The topological polar surface area (TPSA) is 58.3 Å². The third-order valence-corrected chi connectivity index (χ3v) is 18.6. The predicted molar refractivity (Wildman–Crippen MR) is 355 cm³/mol. The Morgan fingerprint density at radius 1 is 0.395 bits per heavy atom. The molecule has 0 saturated heterocycles. The molecule has 17 rings (SSSR count). The van der Waals surface area contributed by atoms with Crippen molar-refractivity contribution in [2.75, 3.05) is 9.80 Å². The van der Waals surface area contributed by atoms with Crippen LogP contribution in [0.15, 0.2) is 247 Å². The summed E-state index contributed by atoms with van der Waals surface area (Å²) in [5.74, 6) is 1.89. The Kier molecular flexibility index (Phi) is 10.8. The molecule has 0 fully saturated rings. The summed E-state index contributed by atoms with van der Waals surface area (Å²) >= 11 is 0. The molecule has 0 saturated carbocycles. The molecule has 86 heavy (non-hydrogen) atoms. The molecular weight excluding hydrogens is 1050 g/mol. The minimum atomic E-state index is -0.732. The van der Waals surface area contributed by atoms with Crippen molar-refractivity contribution < 1.29 is 4.42 Å². The Morgan fingerprint density at radius 2 is 0.942 bits per heavy atom. The predicted octanol–water partition coefficient (Wildman–Crippen LogP) is 17.9. The van der Waals surface area contributed by atoms with Crippen molar-refractivity contribution in [2.24, 2.45) is 0 Å². The van der Waals surface area contributed by atoms with Crippen molar-refractivity contribution in [1.82, 2.24) is 15.0 Å². The molecule has 2 aromatic heterocycles. The SMILES string of the molecule is Cc1ccc(N2c3cc4c(cc3B3c5oc6ccc(C)cc6c5N(c5ccc(C(C)(C)C)cc5)c5cc(C)cc2c53)-c2ccccc2C42c3ccccc3-c3ccc(-c4nc(-c5ccccc5)nc(-c5ccccc5)n4)cc32)c(-c2ccccc2)c1. The second-order valence-electron chi connectivity index (χ2n) is 24.9. The van der Waals surface area contributed by atoms with Gasteiger partial charge in [-0.05, 0) is 159 Å². The number of anilines is 6. The molecule has 408 valence electrons. The van der Waals surface area contributed by atoms with Crippen molar-refractivity contribution >= 4 is 68.4 Å². The highest BCUT2D eigenvalue weighted by Gasteiger charge is 2.54. The van der Waals surface area contributed by atoms with E-state index < -0.39 is 5.41 Å². The molecule has 4 aliphatic rings. The molecule has 2 aliphatic carbocycles. The van der Waals surface area contributed by atoms with Crippen LogP contribution in [0.1, 0.15) is 65.3 Å². The zero-order valence-corrected chi connectivity index (χ0v) is 48.8. The van der Waals surface area contributed by atoms with Gasteiger partial charge in [0.2, 0.25) is 0 Å². The fourth-order valence-electron chi connectivity index (χ4n) is 14.8. The molecule has 11 aromatic carbocycles. The summed E-state index contributed by atoms with van der Waals surface area (Å²) < 4.78 is 7.49. The van der Waals surface area contributed by atoms with Gasteiger partial charge in [0.25, 0.3) is 6.71 Å². The molecule has 1 spiro atoms. The van der Waals surface area contributed by atoms with E-state index in [2.05, 4.69) is 258 Å². The summed E-state index contributed by atoms with van der Waals surface area (Å²) in [6, 6.07) is 89.5. The van der Waals surface area contributed by atoms with Crippen LogP contribution in [-0.2, 0) is 10.8 Å². The quantitative estimate of drug-likeness (QED) is 0.155. The van der Waals surface area contributed by atoms with Crippen molar-refractivity contribution in [3.05, 3.63) is 287 Å². The van der Waals surface area contributed by atoms with Gasteiger partial charge in [-0.25, -0.2) is 15.0 Å². The average molecular weight is 1100 g/mol. The Balaban J connectivity index is 0.968. The fraction of sp³-hybridized carbons (Fsp3) is 0.101. The van der Waals surface area contributed by atoms with E-state index in [1.165, 1.54) is 77.7 Å². The highest BCUT2D eigenvalue weighted by atomic mass is 16.3. The van der Waals surface area contributed by atoms with Crippen LogP contribution in [0, 0.1) is 20.8 Å². The van der Waals surface area contributed by atoms with E-state index >= 15 is 0 Å². The van der Waals surface area contributed by atoms with Crippen LogP contribution >= 0.6 is 0 Å². The van der Waals surface area contributed by atoms with Gasteiger partial charge in [0.15, 0.2) is 17.5 Å². The molecule has 2 aliphatic heterocycles. The number of nitrogens with zero attached hydrogens (tertiary/aromatic N) is 5. The molecule has 13 aromatic rings. The molecule has 6 nitrogen and oxygen atoms in total. The normalized spacial score (nSPS) is 14.8. The fourth-order valence-corrected chi connectivity index (χ4v) is 14.8. The van der Waals surface area contributed by atoms with E-state index in [9.17, 15) is 0 Å². The van der Waals surface area contributed by atoms with Gasteiger partial charge in [0, 0.05) is 50.4 Å². The van der Waals surface area contributed by atoms with Gasteiger partial charge in [0.1, 0.15) is 5.58 Å². The maximum atomic E-state index is 7.49. The molecule has 4 heterocycles. The van der Waals surface area contributed by atoms with Crippen LogP contribution in [0.2, 0.25) is 0 Å². The molecule has 0 bridgehead atoms. The second kappa shape index (κ2) is 18.6. The molecule has 0 amide bonds. The largest absolute Gasteiger partial charge is 0.468 e. The zero-order chi connectivity index (χ0) is 57.7. The Bertz CT molecular complexity index is 4910. The van der Waals surface area contributed by atoms with Crippen molar-refractivity contribution in [3.63, 3.8) is 0 Å². The summed E-state index contributed by atoms with van der Waals surface area (Å²) in [5, 5.41) is 1.10. The van der Waals surface area contributed by atoms with E-state index in [0.717, 1.165) is 78.6 Å². The van der Waals surface area contributed by atoms with Gasteiger partial charge in [-0.2, -0.15) is 0 Å². The molecule has 0 N–H and O–H groups in total. The van der Waals surface area contributed by atoms with Gasteiger partial charge in [0.05, 0.1) is 22.4 Å². The summed E-state index contributed by atoms with van der Waals surface area (Å²) in [5.41, 5.74) is 30.0. The van der Waals surface area contributed by atoms with E-state index in [1.807, 2.05) is 36.4 Å². The number of aromatic nitrogens is 3. The van der Waals surface area contributed by atoms with Crippen molar-refractivity contribution in [3.8, 4) is 67.5 Å². The minimum absolute atomic E-state index is 0.0110. The van der Waals surface area contributed by atoms with Gasteiger partial charge in [-0.15, -0.1) is 0 Å². The molecular formula is C79H58BN5O. The summed E-state index contributed by atoms with van der Waals surface area (Å²) in [4.78, 5) is 20.8. The first-order chi connectivity index (χ1) is 42.0. The lowest BCUT2D eigenvalue weighted by Crippen LogP contribution is -2.61. The lowest BCUT2D eigenvalue weighted by molar-refractivity contribution is 0.590.